The quantitative estimate of drug-likeness (QED) is 0.860. The highest BCUT2D eigenvalue weighted by Crippen LogP contribution is 2.17. The number of nitrogens with zero attached hydrogens (tertiary/aromatic N) is 1. The summed E-state index contributed by atoms with van der Waals surface area (Å²) in [5, 5.41) is 9.08. The summed E-state index contributed by atoms with van der Waals surface area (Å²) in [5.41, 5.74) is 0.436. The SMILES string of the molecule is CCc1occc1C(=O)N1CCOCC1C(=O)O. The topological polar surface area (TPSA) is 80.0 Å². The van der Waals surface area contributed by atoms with Gasteiger partial charge in [-0.25, -0.2) is 4.79 Å². The summed E-state index contributed by atoms with van der Waals surface area (Å²) in [7, 11) is 0. The lowest BCUT2D eigenvalue weighted by atomic mass is 10.1. The number of furan rings is 1. The third kappa shape index (κ3) is 2.24. The fourth-order valence-corrected chi connectivity index (χ4v) is 2.01. The van der Waals surface area contributed by atoms with Crippen LogP contribution in [0.2, 0.25) is 0 Å². The minimum atomic E-state index is -1.05. The van der Waals surface area contributed by atoms with E-state index >= 15 is 0 Å². The van der Waals surface area contributed by atoms with E-state index in [-0.39, 0.29) is 19.1 Å². The highest BCUT2D eigenvalue weighted by molar-refractivity contribution is 5.97. The van der Waals surface area contributed by atoms with E-state index in [0.29, 0.717) is 24.4 Å². The number of hydrogen-bond donors (Lipinski definition) is 1. The maximum absolute atomic E-state index is 12.3. The molecule has 1 N–H and O–H groups in total. The minimum Gasteiger partial charge on any atom is -0.480 e. The Balaban J connectivity index is 2.23. The molecule has 18 heavy (non-hydrogen) atoms. The third-order valence-electron chi connectivity index (χ3n) is 2.97. The number of carboxylic acid groups (broad SMARTS) is 1. The lowest BCUT2D eigenvalue weighted by Gasteiger charge is -2.32. The van der Waals surface area contributed by atoms with Crippen molar-refractivity contribution < 1.29 is 23.8 Å². The lowest BCUT2D eigenvalue weighted by molar-refractivity contribution is -0.147. The molecule has 1 amide bonds. The van der Waals surface area contributed by atoms with E-state index < -0.39 is 12.0 Å². The molecule has 2 rings (SSSR count). The molecule has 1 unspecified atom stereocenters. The standard InChI is InChI=1S/C12H15NO5/c1-2-10-8(3-5-18-10)11(14)13-4-6-17-7-9(13)12(15)16/h3,5,9H,2,4,6-7H2,1H3,(H,15,16). The normalized spacial score (nSPS) is 19.8. The van der Waals surface area contributed by atoms with Gasteiger partial charge < -0.3 is 19.2 Å². The molecule has 1 saturated heterocycles. The van der Waals surface area contributed by atoms with Crippen molar-refractivity contribution >= 4 is 11.9 Å². The molecule has 1 aromatic rings. The molecule has 0 radical (unpaired) electrons. The van der Waals surface area contributed by atoms with E-state index in [1.807, 2.05) is 6.92 Å². The Morgan fingerprint density at radius 2 is 2.33 bits per heavy atom. The molecule has 1 aliphatic rings. The van der Waals surface area contributed by atoms with Gasteiger partial charge in [0, 0.05) is 13.0 Å². The first kappa shape index (κ1) is 12.6. The van der Waals surface area contributed by atoms with E-state index in [1.165, 1.54) is 11.2 Å². The summed E-state index contributed by atoms with van der Waals surface area (Å²) in [6.07, 6.45) is 2.04. The molecule has 98 valence electrons. The van der Waals surface area contributed by atoms with E-state index in [9.17, 15) is 9.59 Å². The predicted molar refractivity (Wildman–Crippen MR) is 61.4 cm³/mol. The zero-order valence-corrected chi connectivity index (χ0v) is 10.1. The van der Waals surface area contributed by atoms with Crippen LogP contribution in [0.4, 0.5) is 0 Å². The van der Waals surface area contributed by atoms with Gasteiger partial charge in [-0.05, 0) is 6.07 Å². The minimum absolute atomic E-state index is 0.0282. The number of aliphatic carboxylic acids is 1. The second-order valence-corrected chi connectivity index (χ2v) is 4.04. The molecule has 2 heterocycles. The molecule has 6 nitrogen and oxygen atoms in total. The maximum Gasteiger partial charge on any atom is 0.328 e. The highest BCUT2D eigenvalue weighted by atomic mass is 16.5. The summed E-state index contributed by atoms with van der Waals surface area (Å²) in [6, 6.07) is 0.654. The second kappa shape index (κ2) is 5.22. The molecule has 0 aromatic carbocycles. The largest absolute Gasteiger partial charge is 0.480 e. The molecule has 1 aromatic heterocycles. The number of aryl methyl sites for hydroxylation is 1. The van der Waals surface area contributed by atoms with Gasteiger partial charge in [-0.3, -0.25) is 4.79 Å². The van der Waals surface area contributed by atoms with Crippen LogP contribution >= 0.6 is 0 Å². The van der Waals surface area contributed by atoms with Crippen LogP contribution < -0.4 is 0 Å². The van der Waals surface area contributed by atoms with Crippen molar-refractivity contribution in [3.05, 3.63) is 23.7 Å². The lowest BCUT2D eigenvalue weighted by Crippen LogP contribution is -2.52. The Labute approximate surface area is 104 Å². The molecule has 0 saturated carbocycles. The Morgan fingerprint density at radius 3 is 3.00 bits per heavy atom. The van der Waals surface area contributed by atoms with Gasteiger partial charge in [0.15, 0.2) is 6.04 Å². The van der Waals surface area contributed by atoms with Crippen LogP contribution in [0, 0.1) is 0 Å². The van der Waals surface area contributed by atoms with Gasteiger partial charge in [-0.1, -0.05) is 6.92 Å². The molecule has 1 atom stereocenters. The van der Waals surface area contributed by atoms with Gasteiger partial charge in [0.05, 0.1) is 25.0 Å². The Hall–Kier alpha value is -1.82. The van der Waals surface area contributed by atoms with Gasteiger partial charge in [0.2, 0.25) is 0 Å². The second-order valence-electron chi connectivity index (χ2n) is 4.04. The number of carbonyl (C=O) groups excluding carboxylic acids is 1. The third-order valence-corrected chi connectivity index (χ3v) is 2.97. The Kier molecular flexibility index (Phi) is 3.66. The smallest absolute Gasteiger partial charge is 0.328 e. The van der Waals surface area contributed by atoms with Crippen molar-refractivity contribution in [3.63, 3.8) is 0 Å². The van der Waals surface area contributed by atoms with Crippen LogP contribution in [0.25, 0.3) is 0 Å². The summed E-state index contributed by atoms with van der Waals surface area (Å²) in [4.78, 5) is 24.7. The van der Waals surface area contributed by atoms with Gasteiger partial charge in [-0.2, -0.15) is 0 Å². The van der Waals surface area contributed by atoms with E-state index in [1.54, 1.807) is 6.07 Å². The zero-order chi connectivity index (χ0) is 13.1. The molecular weight excluding hydrogens is 238 g/mol. The first-order chi connectivity index (χ1) is 8.65. The van der Waals surface area contributed by atoms with Gasteiger partial charge in [-0.15, -0.1) is 0 Å². The number of carbonyl (C=O) groups is 2. The number of rotatable bonds is 3. The molecule has 0 aliphatic carbocycles. The van der Waals surface area contributed by atoms with Crippen molar-refractivity contribution in [2.24, 2.45) is 0 Å². The monoisotopic (exact) mass is 253 g/mol. The van der Waals surface area contributed by atoms with Crippen LogP contribution in [0.3, 0.4) is 0 Å². The molecular formula is C12H15NO5. The average Bonchev–Trinajstić information content (AvgIpc) is 2.86. The van der Waals surface area contributed by atoms with Gasteiger partial charge in [0.1, 0.15) is 5.76 Å². The molecule has 1 aliphatic heterocycles. The van der Waals surface area contributed by atoms with Crippen LogP contribution in [-0.4, -0.2) is 47.7 Å². The summed E-state index contributed by atoms with van der Waals surface area (Å²) in [5.74, 6) is -0.781. The van der Waals surface area contributed by atoms with Gasteiger partial charge in [0.25, 0.3) is 5.91 Å². The van der Waals surface area contributed by atoms with Crippen LogP contribution in [0.15, 0.2) is 16.7 Å². The van der Waals surface area contributed by atoms with Crippen molar-refractivity contribution in [3.8, 4) is 0 Å². The van der Waals surface area contributed by atoms with Crippen molar-refractivity contribution in [1.82, 2.24) is 4.90 Å². The van der Waals surface area contributed by atoms with Crippen LogP contribution in [0.5, 0.6) is 0 Å². The molecule has 1 fully saturated rings. The van der Waals surface area contributed by atoms with E-state index in [4.69, 9.17) is 14.3 Å². The van der Waals surface area contributed by atoms with Crippen LogP contribution in [-0.2, 0) is 16.0 Å². The Bertz CT molecular complexity index is 453. The van der Waals surface area contributed by atoms with Crippen molar-refractivity contribution in [2.75, 3.05) is 19.8 Å². The summed E-state index contributed by atoms with van der Waals surface area (Å²) >= 11 is 0. The summed E-state index contributed by atoms with van der Waals surface area (Å²) < 4.78 is 10.3. The first-order valence-corrected chi connectivity index (χ1v) is 5.83. The number of amides is 1. The number of carboxylic acids is 1. The number of morpholine rings is 1. The number of hydrogen-bond acceptors (Lipinski definition) is 4. The molecule has 0 spiro atoms. The first-order valence-electron chi connectivity index (χ1n) is 5.83. The summed E-state index contributed by atoms with van der Waals surface area (Å²) in [6.45, 7) is 2.54. The average molecular weight is 253 g/mol. The number of ether oxygens (including phenoxy) is 1. The molecule has 6 heteroatoms. The van der Waals surface area contributed by atoms with Gasteiger partial charge >= 0.3 is 5.97 Å². The maximum atomic E-state index is 12.3. The fourth-order valence-electron chi connectivity index (χ4n) is 2.01. The predicted octanol–water partition coefficient (Wildman–Crippen LogP) is 0.768. The fraction of sp³-hybridized carbons (Fsp3) is 0.500. The highest BCUT2D eigenvalue weighted by Gasteiger charge is 2.34. The van der Waals surface area contributed by atoms with Crippen LogP contribution in [0.1, 0.15) is 23.0 Å². The van der Waals surface area contributed by atoms with E-state index in [2.05, 4.69) is 0 Å². The molecule has 0 bridgehead atoms. The van der Waals surface area contributed by atoms with E-state index in [0.717, 1.165) is 0 Å². The zero-order valence-electron chi connectivity index (χ0n) is 10.1. The van der Waals surface area contributed by atoms with Crippen molar-refractivity contribution in [1.29, 1.82) is 0 Å². The Morgan fingerprint density at radius 1 is 1.56 bits per heavy atom. The van der Waals surface area contributed by atoms with Crippen molar-refractivity contribution in [2.45, 2.75) is 19.4 Å².